The fraction of sp³-hybridized carbons (Fsp3) is 0.471. The lowest BCUT2D eigenvalue weighted by molar-refractivity contribution is 0.147. The molecule has 2 unspecified atom stereocenters. The van der Waals surface area contributed by atoms with Gasteiger partial charge in [-0.1, -0.05) is 43.9 Å². The summed E-state index contributed by atoms with van der Waals surface area (Å²) in [6.45, 7) is 6.49. The van der Waals surface area contributed by atoms with E-state index in [0.717, 1.165) is 18.7 Å². The van der Waals surface area contributed by atoms with E-state index in [4.69, 9.17) is 0 Å². The molecule has 1 fully saturated rings. The van der Waals surface area contributed by atoms with E-state index >= 15 is 0 Å². The van der Waals surface area contributed by atoms with Gasteiger partial charge in [-0.15, -0.1) is 0 Å². The first-order valence-electron chi connectivity index (χ1n) is 7.22. The molecule has 1 saturated heterocycles. The maximum absolute atomic E-state index is 12.0. The maximum atomic E-state index is 12.0. The molecule has 0 aromatic heterocycles. The zero-order valence-corrected chi connectivity index (χ0v) is 12.2. The van der Waals surface area contributed by atoms with Crippen LogP contribution in [0.25, 0.3) is 0 Å². The van der Waals surface area contributed by atoms with Crippen LogP contribution in [0.3, 0.4) is 0 Å². The van der Waals surface area contributed by atoms with Gasteiger partial charge in [-0.25, -0.2) is 4.79 Å². The third-order valence-electron chi connectivity index (χ3n) is 3.49. The van der Waals surface area contributed by atoms with Crippen molar-refractivity contribution in [2.24, 2.45) is 11.8 Å². The Labute approximate surface area is 121 Å². The van der Waals surface area contributed by atoms with Crippen LogP contribution in [0.4, 0.5) is 4.79 Å². The molecule has 1 aromatic carbocycles. The third-order valence-corrected chi connectivity index (χ3v) is 3.49. The van der Waals surface area contributed by atoms with E-state index in [1.165, 1.54) is 6.42 Å². The highest BCUT2D eigenvalue weighted by Crippen LogP contribution is 2.20. The van der Waals surface area contributed by atoms with Gasteiger partial charge in [-0.3, -0.25) is 0 Å². The molecule has 1 aliphatic rings. The lowest BCUT2D eigenvalue weighted by Crippen LogP contribution is -2.47. The van der Waals surface area contributed by atoms with Crippen molar-refractivity contribution in [1.82, 2.24) is 10.2 Å². The number of piperidine rings is 1. The van der Waals surface area contributed by atoms with Gasteiger partial charge in [0.25, 0.3) is 0 Å². The van der Waals surface area contributed by atoms with Crippen molar-refractivity contribution in [1.29, 1.82) is 0 Å². The molecular weight excluding hydrogens is 248 g/mol. The first kappa shape index (κ1) is 14.5. The Bertz CT molecular complexity index is 491. The lowest BCUT2D eigenvalue weighted by atomic mass is 9.92. The van der Waals surface area contributed by atoms with Gasteiger partial charge < -0.3 is 10.2 Å². The highest BCUT2D eigenvalue weighted by Gasteiger charge is 2.24. The van der Waals surface area contributed by atoms with E-state index in [1.807, 2.05) is 35.2 Å². The first-order valence-corrected chi connectivity index (χ1v) is 7.22. The first-order chi connectivity index (χ1) is 9.65. The van der Waals surface area contributed by atoms with Crippen molar-refractivity contribution in [2.45, 2.75) is 20.3 Å². The molecule has 0 aliphatic carbocycles. The number of carbonyl (C=O) groups excluding carboxylic acids is 1. The molecule has 1 heterocycles. The van der Waals surface area contributed by atoms with E-state index in [9.17, 15) is 4.79 Å². The lowest BCUT2D eigenvalue weighted by Gasteiger charge is -2.34. The van der Waals surface area contributed by atoms with Gasteiger partial charge in [0, 0.05) is 18.7 Å². The molecule has 2 rings (SSSR count). The highest BCUT2D eigenvalue weighted by atomic mass is 16.2. The minimum Gasteiger partial charge on any atom is -0.327 e. The van der Waals surface area contributed by atoms with Gasteiger partial charge in [0.05, 0.1) is 6.54 Å². The fourth-order valence-electron chi connectivity index (χ4n) is 2.73. The van der Waals surface area contributed by atoms with Gasteiger partial charge in [-0.2, -0.15) is 0 Å². The van der Waals surface area contributed by atoms with E-state index in [0.29, 0.717) is 18.4 Å². The molecular formula is C17H22N2O. The second-order valence-corrected chi connectivity index (χ2v) is 5.68. The monoisotopic (exact) mass is 270 g/mol. The Morgan fingerprint density at radius 1 is 1.25 bits per heavy atom. The Kier molecular flexibility index (Phi) is 5.06. The van der Waals surface area contributed by atoms with Gasteiger partial charge in [-0.05, 0) is 30.4 Å². The molecule has 0 saturated carbocycles. The van der Waals surface area contributed by atoms with Gasteiger partial charge >= 0.3 is 6.03 Å². The minimum absolute atomic E-state index is 0.00533. The number of hydrogen-bond acceptors (Lipinski definition) is 1. The molecule has 1 N–H and O–H groups in total. The van der Waals surface area contributed by atoms with Crippen molar-refractivity contribution >= 4 is 6.03 Å². The van der Waals surface area contributed by atoms with E-state index < -0.39 is 0 Å². The van der Waals surface area contributed by atoms with Crippen LogP contribution in [0.15, 0.2) is 30.3 Å². The van der Waals surface area contributed by atoms with Crippen molar-refractivity contribution in [2.75, 3.05) is 19.6 Å². The van der Waals surface area contributed by atoms with Crippen LogP contribution in [-0.2, 0) is 0 Å². The molecule has 2 amide bonds. The number of nitrogens with one attached hydrogen (secondary N) is 1. The maximum Gasteiger partial charge on any atom is 0.318 e. The van der Waals surface area contributed by atoms with Gasteiger partial charge in [0.2, 0.25) is 0 Å². The van der Waals surface area contributed by atoms with Crippen LogP contribution in [-0.4, -0.2) is 30.6 Å². The summed E-state index contributed by atoms with van der Waals surface area (Å²) in [5, 5.41) is 2.88. The zero-order valence-electron chi connectivity index (χ0n) is 12.2. The predicted molar refractivity (Wildman–Crippen MR) is 81.2 cm³/mol. The SMILES string of the molecule is CC1CC(C)CN(C(=O)NCC#Cc2ccccc2)C1. The number of amides is 2. The molecule has 2 atom stereocenters. The number of urea groups is 1. The topological polar surface area (TPSA) is 32.3 Å². The predicted octanol–water partition coefficient (Wildman–Crippen LogP) is 2.73. The number of nitrogens with zero attached hydrogens (tertiary/aromatic N) is 1. The zero-order chi connectivity index (χ0) is 14.4. The van der Waals surface area contributed by atoms with Crippen LogP contribution in [0.2, 0.25) is 0 Å². The fourth-order valence-corrected chi connectivity index (χ4v) is 2.73. The molecule has 1 aromatic rings. The molecule has 20 heavy (non-hydrogen) atoms. The van der Waals surface area contributed by atoms with Crippen LogP contribution in [0.1, 0.15) is 25.8 Å². The van der Waals surface area contributed by atoms with Crippen molar-refractivity contribution in [3.05, 3.63) is 35.9 Å². The minimum atomic E-state index is 0.00533. The summed E-state index contributed by atoms with van der Waals surface area (Å²) >= 11 is 0. The van der Waals surface area contributed by atoms with E-state index in [-0.39, 0.29) is 6.03 Å². The Balaban J connectivity index is 1.79. The molecule has 3 heteroatoms. The largest absolute Gasteiger partial charge is 0.327 e. The summed E-state index contributed by atoms with van der Waals surface area (Å²) in [7, 11) is 0. The Hall–Kier alpha value is -1.95. The summed E-state index contributed by atoms with van der Waals surface area (Å²) in [4.78, 5) is 14.0. The van der Waals surface area contributed by atoms with Crippen LogP contribution in [0, 0.1) is 23.7 Å². The van der Waals surface area contributed by atoms with Crippen LogP contribution in [0.5, 0.6) is 0 Å². The molecule has 0 spiro atoms. The third kappa shape index (κ3) is 4.31. The Morgan fingerprint density at radius 2 is 1.90 bits per heavy atom. The number of benzene rings is 1. The smallest absolute Gasteiger partial charge is 0.318 e. The Morgan fingerprint density at radius 3 is 2.55 bits per heavy atom. The summed E-state index contributed by atoms with van der Waals surface area (Å²) in [5.74, 6) is 7.19. The van der Waals surface area contributed by atoms with Crippen molar-refractivity contribution in [3.63, 3.8) is 0 Å². The molecule has 3 nitrogen and oxygen atoms in total. The van der Waals surface area contributed by atoms with Crippen molar-refractivity contribution < 1.29 is 4.79 Å². The summed E-state index contributed by atoms with van der Waals surface area (Å²) < 4.78 is 0. The number of rotatable bonds is 1. The highest BCUT2D eigenvalue weighted by molar-refractivity contribution is 5.74. The summed E-state index contributed by atoms with van der Waals surface area (Å²) in [6, 6.07) is 9.81. The van der Waals surface area contributed by atoms with Gasteiger partial charge in [0.1, 0.15) is 0 Å². The number of carbonyl (C=O) groups is 1. The summed E-state index contributed by atoms with van der Waals surface area (Å²) in [5.41, 5.74) is 0.974. The number of likely N-dealkylation sites (tertiary alicyclic amines) is 1. The standard InChI is InChI=1S/C17H22N2O/c1-14-11-15(2)13-19(12-14)17(20)18-10-6-9-16-7-4-3-5-8-16/h3-5,7-8,14-15H,10-13H2,1-2H3,(H,18,20). The van der Waals surface area contributed by atoms with Crippen molar-refractivity contribution in [3.8, 4) is 11.8 Å². The second-order valence-electron chi connectivity index (χ2n) is 5.68. The molecule has 106 valence electrons. The second kappa shape index (κ2) is 7.00. The van der Waals surface area contributed by atoms with Gasteiger partial charge in [0.15, 0.2) is 0 Å². The average molecular weight is 270 g/mol. The average Bonchev–Trinajstić information content (AvgIpc) is 2.43. The number of hydrogen-bond donors (Lipinski definition) is 1. The van der Waals surface area contributed by atoms with Crippen LogP contribution >= 0.6 is 0 Å². The molecule has 1 aliphatic heterocycles. The van der Waals surface area contributed by atoms with Crippen LogP contribution < -0.4 is 5.32 Å². The quantitative estimate of drug-likeness (QED) is 0.782. The molecule has 0 radical (unpaired) electrons. The normalized spacial score (nSPS) is 21.8. The summed E-state index contributed by atoms with van der Waals surface area (Å²) in [6.07, 6.45) is 1.21. The van der Waals surface area contributed by atoms with E-state index in [2.05, 4.69) is 31.0 Å². The van der Waals surface area contributed by atoms with E-state index in [1.54, 1.807) is 0 Å². The molecule has 0 bridgehead atoms.